The Bertz CT molecular complexity index is 600. The molecule has 0 saturated heterocycles. The number of benzene rings is 1. The van der Waals surface area contributed by atoms with Gasteiger partial charge in [0.1, 0.15) is 5.72 Å². The Hall–Kier alpha value is -1.59. The quantitative estimate of drug-likeness (QED) is 0.768. The molecule has 1 saturated carbocycles. The minimum absolute atomic E-state index is 0.0209. The van der Waals surface area contributed by atoms with Crippen LogP contribution in [0.5, 0.6) is 0 Å². The summed E-state index contributed by atoms with van der Waals surface area (Å²) in [4.78, 5) is 4.31. The molecule has 0 atom stereocenters. The lowest BCUT2D eigenvalue weighted by Crippen LogP contribution is -2.36. The van der Waals surface area contributed by atoms with Gasteiger partial charge in [0.05, 0.1) is 17.6 Å². The van der Waals surface area contributed by atoms with Gasteiger partial charge in [-0.25, -0.2) is 4.98 Å². The fourth-order valence-corrected chi connectivity index (χ4v) is 3.02. The first kappa shape index (κ1) is 12.4. The number of fused-ring (bicyclic) bond motifs is 1. The van der Waals surface area contributed by atoms with Gasteiger partial charge in [0.25, 0.3) is 0 Å². The number of rotatable bonds is 2. The van der Waals surface area contributed by atoms with E-state index in [1.807, 2.05) is 18.2 Å². The predicted molar refractivity (Wildman–Crippen MR) is 73.3 cm³/mol. The van der Waals surface area contributed by atoms with Crippen LogP contribution in [0.15, 0.2) is 18.2 Å². The normalized spacial score (nSPS) is 18.8. The first-order valence-electron chi connectivity index (χ1n) is 6.75. The molecule has 1 heterocycles. The van der Waals surface area contributed by atoms with E-state index >= 15 is 0 Å². The molecule has 0 radical (unpaired) electrons. The highest BCUT2D eigenvalue weighted by Gasteiger charge is 2.34. The molecule has 1 aliphatic rings. The standard InChI is InChI=1S/C14H19N3O2/c15-13-16-11-8-10(9-18)4-5-12(11)17(13)14(19)6-2-1-3-7-14/h4-5,8,18-19H,1-3,6-7,9H2,(H2,15,16). The van der Waals surface area contributed by atoms with Crippen molar-refractivity contribution >= 4 is 17.0 Å². The van der Waals surface area contributed by atoms with Crippen LogP contribution in [0.1, 0.15) is 37.7 Å². The Labute approximate surface area is 111 Å². The number of imidazole rings is 1. The van der Waals surface area contributed by atoms with Gasteiger partial charge in [-0.05, 0) is 43.4 Å². The Morgan fingerprint density at radius 3 is 2.68 bits per heavy atom. The van der Waals surface area contributed by atoms with Crippen LogP contribution in [-0.4, -0.2) is 19.8 Å². The van der Waals surface area contributed by atoms with Gasteiger partial charge in [0, 0.05) is 0 Å². The highest BCUT2D eigenvalue weighted by molar-refractivity contribution is 5.79. The number of hydrogen-bond acceptors (Lipinski definition) is 4. The zero-order chi connectivity index (χ0) is 13.5. The van der Waals surface area contributed by atoms with Crippen LogP contribution in [0.4, 0.5) is 5.95 Å². The fourth-order valence-electron chi connectivity index (χ4n) is 3.02. The summed E-state index contributed by atoms with van der Waals surface area (Å²) in [5, 5.41) is 20.0. The largest absolute Gasteiger partial charge is 0.392 e. The minimum atomic E-state index is -0.919. The Kier molecular flexibility index (Phi) is 2.95. The summed E-state index contributed by atoms with van der Waals surface area (Å²) in [6.45, 7) is -0.0209. The monoisotopic (exact) mass is 261 g/mol. The van der Waals surface area contributed by atoms with Crippen molar-refractivity contribution in [1.29, 1.82) is 0 Å². The van der Waals surface area contributed by atoms with Crippen molar-refractivity contribution in [3.8, 4) is 0 Å². The molecule has 102 valence electrons. The number of anilines is 1. The molecule has 1 fully saturated rings. The van der Waals surface area contributed by atoms with E-state index in [9.17, 15) is 5.11 Å². The van der Waals surface area contributed by atoms with Crippen LogP contribution in [-0.2, 0) is 12.3 Å². The van der Waals surface area contributed by atoms with Crippen LogP contribution in [0.3, 0.4) is 0 Å². The van der Waals surface area contributed by atoms with Gasteiger partial charge in [-0.15, -0.1) is 0 Å². The predicted octanol–water partition coefficient (Wildman–Crippen LogP) is 1.72. The number of nitrogens with zero attached hydrogens (tertiary/aromatic N) is 2. The van der Waals surface area contributed by atoms with Crippen molar-refractivity contribution in [2.75, 3.05) is 5.73 Å². The fraction of sp³-hybridized carbons (Fsp3) is 0.500. The first-order chi connectivity index (χ1) is 9.14. The maximum Gasteiger partial charge on any atom is 0.203 e. The van der Waals surface area contributed by atoms with Gasteiger partial charge < -0.3 is 15.9 Å². The molecule has 3 rings (SSSR count). The summed E-state index contributed by atoms with van der Waals surface area (Å²) in [6.07, 6.45) is 4.59. The lowest BCUT2D eigenvalue weighted by Gasteiger charge is -2.34. The van der Waals surface area contributed by atoms with Gasteiger partial charge in [0.2, 0.25) is 5.95 Å². The summed E-state index contributed by atoms with van der Waals surface area (Å²) in [6, 6.07) is 5.53. The molecule has 0 unspecified atom stereocenters. The number of aromatic nitrogens is 2. The molecular weight excluding hydrogens is 242 g/mol. The van der Waals surface area contributed by atoms with E-state index in [0.717, 1.165) is 35.9 Å². The summed E-state index contributed by atoms with van der Waals surface area (Å²) in [7, 11) is 0. The van der Waals surface area contributed by atoms with Crippen molar-refractivity contribution in [2.24, 2.45) is 0 Å². The summed E-state index contributed by atoms with van der Waals surface area (Å²) >= 11 is 0. The number of aliphatic hydroxyl groups excluding tert-OH is 1. The Balaban J connectivity index is 2.15. The Morgan fingerprint density at radius 1 is 1.26 bits per heavy atom. The molecular formula is C14H19N3O2. The Morgan fingerprint density at radius 2 is 2.00 bits per heavy atom. The summed E-state index contributed by atoms with van der Waals surface area (Å²) < 4.78 is 1.75. The molecule has 1 aromatic heterocycles. The lowest BCUT2D eigenvalue weighted by atomic mass is 9.91. The third kappa shape index (κ3) is 1.99. The molecule has 5 heteroatoms. The second-order valence-electron chi connectivity index (χ2n) is 5.33. The van der Waals surface area contributed by atoms with Crippen LogP contribution < -0.4 is 5.73 Å². The molecule has 0 spiro atoms. The molecule has 1 aromatic carbocycles. The van der Waals surface area contributed by atoms with Crippen molar-refractivity contribution in [3.63, 3.8) is 0 Å². The van der Waals surface area contributed by atoms with Gasteiger partial charge >= 0.3 is 0 Å². The van der Waals surface area contributed by atoms with Crippen molar-refractivity contribution in [3.05, 3.63) is 23.8 Å². The number of nitrogens with two attached hydrogens (primary N) is 1. The first-order valence-corrected chi connectivity index (χ1v) is 6.75. The molecule has 4 N–H and O–H groups in total. The number of nitrogen functional groups attached to an aromatic ring is 1. The van der Waals surface area contributed by atoms with E-state index in [1.165, 1.54) is 0 Å². The summed E-state index contributed by atoms with van der Waals surface area (Å²) in [5.74, 6) is 0.342. The second kappa shape index (κ2) is 4.51. The van der Waals surface area contributed by atoms with Crippen molar-refractivity contribution < 1.29 is 10.2 Å². The average Bonchev–Trinajstić information content (AvgIpc) is 2.74. The highest BCUT2D eigenvalue weighted by atomic mass is 16.3. The van der Waals surface area contributed by atoms with E-state index in [4.69, 9.17) is 10.8 Å². The maximum absolute atomic E-state index is 10.8. The third-order valence-electron chi connectivity index (χ3n) is 4.00. The van der Waals surface area contributed by atoms with E-state index in [0.29, 0.717) is 18.8 Å². The van der Waals surface area contributed by atoms with E-state index in [-0.39, 0.29) is 6.61 Å². The smallest absolute Gasteiger partial charge is 0.203 e. The minimum Gasteiger partial charge on any atom is -0.392 e. The molecule has 5 nitrogen and oxygen atoms in total. The third-order valence-corrected chi connectivity index (χ3v) is 4.00. The molecule has 1 aliphatic carbocycles. The van der Waals surface area contributed by atoms with Gasteiger partial charge in [-0.1, -0.05) is 12.5 Å². The van der Waals surface area contributed by atoms with E-state index < -0.39 is 5.72 Å². The SMILES string of the molecule is Nc1nc2cc(CO)ccc2n1C1(O)CCCCC1. The molecule has 0 bridgehead atoms. The molecule has 2 aromatic rings. The zero-order valence-corrected chi connectivity index (χ0v) is 10.8. The zero-order valence-electron chi connectivity index (χ0n) is 10.8. The van der Waals surface area contributed by atoms with Crippen LogP contribution in [0, 0.1) is 0 Å². The van der Waals surface area contributed by atoms with E-state index in [1.54, 1.807) is 4.57 Å². The van der Waals surface area contributed by atoms with Crippen LogP contribution in [0.25, 0.3) is 11.0 Å². The van der Waals surface area contributed by atoms with Gasteiger partial charge in [0.15, 0.2) is 0 Å². The second-order valence-corrected chi connectivity index (χ2v) is 5.33. The molecule has 0 aliphatic heterocycles. The highest BCUT2D eigenvalue weighted by Crippen LogP contribution is 2.37. The number of aliphatic hydroxyl groups is 2. The number of hydrogen-bond donors (Lipinski definition) is 3. The van der Waals surface area contributed by atoms with Crippen molar-refractivity contribution in [1.82, 2.24) is 9.55 Å². The topological polar surface area (TPSA) is 84.3 Å². The summed E-state index contributed by atoms with van der Waals surface area (Å²) in [5.41, 5.74) is 7.43. The van der Waals surface area contributed by atoms with Gasteiger partial charge in [-0.3, -0.25) is 4.57 Å². The van der Waals surface area contributed by atoms with E-state index in [2.05, 4.69) is 4.98 Å². The molecule has 19 heavy (non-hydrogen) atoms. The molecule has 0 amide bonds. The van der Waals surface area contributed by atoms with Crippen LogP contribution >= 0.6 is 0 Å². The van der Waals surface area contributed by atoms with Crippen molar-refractivity contribution in [2.45, 2.75) is 44.4 Å². The van der Waals surface area contributed by atoms with Gasteiger partial charge in [-0.2, -0.15) is 0 Å². The lowest BCUT2D eigenvalue weighted by molar-refractivity contribution is -0.0641. The average molecular weight is 261 g/mol. The maximum atomic E-state index is 10.8. The van der Waals surface area contributed by atoms with Crippen LogP contribution in [0.2, 0.25) is 0 Å².